The summed E-state index contributed by atoms with van der Waals surface area (Å²) >= 11 is 0. The molecule has 1 atom stereocenters. The summed E-state index contributed by atoms with van der Waals surface area (Å²) in [5, 5.41) is 0. The van der Waals surface area contributed by atoms with Crippen LogP contribution in [0.4, 0.5) is 14.5 Å². The van der Waals surface area contributed by atoms with Crippen molar-refractivity contribution in [3.63, 3.8) is 0 Å². The van der Waals surface area contributed by atoms with Gasteiger partial charge in [0.15, 0.2) is 5.82 Å². The van der Waals surface area contributed by atoms with Crippen molar-refractivity contribution in [1.29, 1.82) is 0 Å². The van der Waals surface area contributed by atoms with Crippen LogP contribution >= 0.6 is 0 Å². The van der Waals surface area contributed by atoms with Crippen molar-refractivity contribution >= 4 is 11.6 Å². The number of rotatable bonds is 3. The van der Waals surface area contributed by atoms with Crippen molar-refractivity contribution in [1.82, 2.24) is 9.80 Å². The predicted molar refractivity (Wildman–Crippen MR) is 78.0 cm³/mol. The van der Waals surface area contributed by atoms with Crippen LogP contribution in [0.5, 0.6) is 0 Å². The Bertz CT molecular complexity index is 528. The van der Waals surface area contributed by atoms with E-state index in [0.29, 0.717) is 32.2 Å². The summed E-state index contributed by atoms with van der Waals surface area (Å²) in [5.41, 5.74) is 4.66. The Labute approximate surface area is 123 Å². The molecule has 1 fully saturated rings. The van der Waals surface area contributed by atoms with Crippen molar-refractivity contribution in [2.75, 3.05) is 31.9 Å². The molecule has 1 heterocycles. The highest BCUT2D eigenvalue weighted by Gasteiger charge is 2.28. The Morgan fingerprint density at radius 1 is 1.29 bits per heavy atom. The first-order chi connectivity index (χ1) is 9.95. The number of anilines is 1. The van der Waals surface area contributed by atoms with Crippen LogP contribution in [0.2, 0.25) is 0 Å². The van der Waals surface area contributed by atoms with Gasteiger partial charge in [-0.05, 0) is 25.5 Å². The van der Waals surface area contributed by atoms with Gasteiger partial charge in [0.25, 0.3) is 5.91 Å². The molecule has 0 radical (unpaired) electrons. The number of nitrogen functional groups attached to an aromatic ring is 1. The van der Waals surface area contributed by atoms with Crippen LogP contribution in [0.3, 0.4) is 0 Å². The standard InChI is InChI=1S/C15H21F2N3O/c1-3-10(2)19-6-8-20(9-7-19)15(21)13-11(16)4-5-12(18)14(13)17/h4-5,10H,3,6-9,18H2,1-2H3. The summed E-state index contributed by atoms with van der Waals surface area (Å²) in [7, 11) is 0. The zero-order valence-electron chi connectivity index (χ0n) is 12.4. The number of carbonyl (C=O) groups is 1. The van der Waals surface area contributed by atoms with Gasteiger partial charge < -0.3 is 10.6 Å². The van der Waals surface area contributed by atoms with Crippen molar-refractivity contribution < 1.29 is 13.6 Å². The number of carbonyl (C=O) groups excluding carboxylic acids is 1. The van der Waals surface area contributed by atoms with Gasteiger partial charge in [-0.25, -0.2) is 8.78 Å². The van der Waals surface area contributed by atoms with Gasteiger partial charge in [0, 0.05) is 32.2 Å². The smallest absolute Gasteiger partial charge is 0.259 e. The SMILES string of the molecule is CCC(C)N1CCN(C(=O)c2c(F)ccc(N)c2F)CC1. The van der Waals surface area contributed by atoms with E-state index in [0.717, 1.165) is 18.6 Å². The van der Waals surface area contributed by atoms with E-state index in [1.165, 1.54) is 4.90 Å². The molecule has 1 unspecified atom stereocenters. The van der Waals surface area contributed by atoms with E-state index in [2.05, 4.69) is 18.7 Å². The molecular formula is C15H21F2N3O. The Hall–Kier alpha value is -1.69. The van der Waals surface area contributed by atoms with Crippen LogP contribution in [0.15, 0.2) is 12.1 Å². The van der Waals surface area contributed by atoms with Gasteiger partial charge in [-0.2, -0.15) is 0 Å². The van der Waals surface area contributed by atoms with Crippen LogP contribution in [0.25, 0.3) is 0 Å². The highest BCUT2D eigenvalue weighted by molar-refractivity contribution is 5.95. The highest BCUT2D eigenvalue weighted by atomic mass is 19.1. The highest BCUT2D eigenvalue weighted by Crippen LogP contribution is 2.21. The summed E-state index contributed by atoms with van der Waals surface area (Å²) < 4.78 is 27.6. The first kappa shape index (κ1) is 15.7. The van der Waals surface area contributed by atoms with Crippen LogP contribution in [0.1, 0.15) is 30.6 Å². The molecule has 116 valence electrons. The summed E-state index contributed by atoms with van der Waals surface area (Å²) in [6, 6.07) is 2.60. The number of benzene rings is 1. The number of hydrogen-bond donors (Lipinski definition) is 1. The minimum atomic E-state index is -0.968. The molecular weight excluding hydrogens is 276 g/mol. The molecule has 0 bridgehead atoms. The monoisotopic (exact) mass is 297 g/mol. The minimum absolute atomic E-state index is 0.210. The van der Waals surface area contributed by atoms with E-state index in [1.54, 1.807) is 0 Å². The van der Waals surface area contributed by atoms with Gasteiger partial charge in [-0.1, -0.05) is 6.92 Å². The van der Waals surface area contributed by atoms with Gasteiger partial charge in [-0.3, -0.25) is 9.69 Å². The minimum Gasteiger partial charge on any atom is -0.396 e. The van der Waals surface area contributed by atoms with E-state index < -0.39 is 23.1 Å². The van der Waals surface area contributed by atoms with E-state index in [4.69, 9.17) is 5.73 Å². The van der Waals surface area contributed by atoms with Gasteiger partial charge in [0.2, 0.25) is 0 Å². The van der Waals surface area contributed by atoms with E-state index in [9.17, 15) is 13.6 Å². The van der Waals surface area contributed by atoms with Crippen molar-refractivity contribution in [2.24, 2.45) is 0 Å². The molecule has 1 aliphatic heterocycles. The average molecular weight is 297 g/mol. The summed E-state index contributed by atoms with van der Waals surface area (Å²) in [4.78, 5) is 16.1. The molecule has 0 aromatic heterocycles. The number of piperazine rings is 1. The molecule has 1 aromatic carbocycles. The third kappa shape index (κ3) is 3.15. The molecule has 0 spiro atoms. The van der Waals surface area contributed by atoms with Gasteiger partial charge in [-0.15, -0.1) is 0 Å². The lowest BCUT2D eigenvalue weighted by molar-refractivity contribution is 0.0571. The number of nitrogens with two attached hydrogens (primary N) is 1. The van der Waals surface area contributed by atoms with Crippen LogP contribution in [0, 0.1) is 11.6 Å². The summed E-state index contributed by atoms with van der Waals surface area (Å²) in [6.45, 7) is 6.61. The van der Waals surface area contributed by atoms with Crippen LogP contribution in [-0.2, 0) is 0 Å². The van der Waals surface area contributed by atoms with E-state index in [1.807, 2.05) is 0 Å². The first-order valence-electron chi connectivity index (χ1n) is 7.22. The van der Waals surface area contributed by atoms with Crippen LogP contribution in [-0.4, -0.2) is 47.9 Å². The molecule has 0 saturated carbocycles. The van der Waals surface area contributed by atoms with Crippen molar-refractivity contribution in [2.45, 2.75) is 26.3 Å². The fraction of sp³-hybridized carbons (Fsp3) is 0.533. The first-order valence-corrected chi connectivity index (χ1v) is 7.22. The maximum atomic E-state index is 13.9. The number of amides is 1. The second-order valence-corrected chi connectivity index (χ2v) is 5.41. The van der Waals surface area contributed by atoms with E-state index in [-0.39, 0.29) is 5.69 Å². The molecule has 2 rings (SSSR count). The van der Waals surface area contributed by atoms with Crippen molar-refractivity contribution in [3.8, 4) is 0 Å². The Balaban J connectivity index is 2.11. The average Bonchev–Trinajstić information content (AvgIpc) is 2.50. The van der Waals surface area contributed by atoms with E-state index >= 15 is 0 Å². The zero-order valence-corrected chi connectivity index (χ0v) is 12.4. The second-order valence-electron chi connectivity index (χ2n) is 5.41. The maximum Gasteiger partial charge on any atom is 0.259 e. The van der Waals surface area contributed by atoms with Gasteiger partial charge in [0.1, 0.15) is 11.4 Å². The van der Waals surface area contributed by atoms with Crippen molar-refractivity contribution in [3.05, 3.63) is 29.3 Å². The summed E-state index contributed by atoms with van der Waals surface area (Å²) in [5.74, 6) is -2.46. The molecule has 1 aliphatic rings. The second kappa shape index (κ2) is 6.39. The topological polar surface area (TPSA) is 49.6 Å². The Morgan fingerprint density at radius 3 is 2.48 bits per heavy atom. The Kier molecular flexibility index (Phi) is 4.77. The quantitative estimate of drug-likeness (QED) is 0.869. The van der Waals surface area contributed by atoms with Gasteiger partial charge in [0.05, 0.1) is 5.69 Å². The maximum absolute atomic E-state index is 13.9. The lowest BCUT2D eigenvalue weighted by atomic mass is 10.1. The lowest BCUT2D eigenvalue weighted by Crippen LogP contribution is -2.51. The van der Waals surface area contributed by atoms with Crippen LogP contribution < -0.4 is 5.73 Å². The fourth-order valence-electron chi connectivity index (χ4n) is 2.55. The fourth-order valence-corrected chi connectivity index (χ4v) is 2.55. The number of hydrogen-bond acceptors (Lipinski definition) is 3. The molecule has 4 nitrogen and oxygen atoms in total. The molecule has 2 N–H and O–H groups in total. The number of halogens is 2. The number of nitrogens with zero attached hydrogens (tertiary/aromatic N) is 2. The molecule has 1 aromatic rings. The third-order valence-electron chi connectivity index (χ3n) is 4.15. The molecule has 1 saturated heterocycles. The largest absolute Gasteiger partial charge is 0.396 e. The molecule has 0 aliphatic carbocycles. The predicted octanol–water partition coefficient (Wildman–Crippen LogP) is 2.10. The third-order valence-corrected chi connectivity index (χ3v) is 4.15. The van der Waals surface area contributed by atoms with Gasteiger partial charge >= 0.3 is 0 Å². The Morgan fingerprint density at radius 2 is 1.90 bits per heavy atom. The zero-order chi connectivity index (χ0) is 15.6. The molecule has 1 amide bonds. The molecule has 21 heavy (non-hydrogen) atoms. The molecule has 6 heteroatoms. The summed E-state index contributed by atoms with van der Waals surface area (Å²) in [6.07, 6.45) is 1.03. The lowest BCUT2D eigenvalue weighted by Gasteiger charge is -2.37. The normalized spacial score (nSPS) is 17.8.